The van der Waals surface area contributed by atoms with Crippen LogP contribution in [0.25, 0.3) is 22.4 Å². The highest BCUT2D eigenvalue weighted by Crippen LogP contribution is 2.29. The van der Waals surface area contributed by atoms with Gasteiger partial charge in [0.2, 0.25) is 10.0 Å². The number of sulfonamides is 1. The number of aromatic nitrogens is 2. The van der Waals surface area contributed by atoms with Gasteiger partial charge >= 0.3 is 5.97 Å². The lowest BCUT2D eigenvalue weighted by atomic mass is 10.1. The molecule has 0 spiro atoms. The lowest BCUT2D eigenvalue weighted by molar-refractivity contribution is 0.0526. The van der Waals surface area contributed by atoms with Crippen LogP contribution in [-0.4, -0.2) is 36.8 Å². The Bertz CT molecular complexity index is 1420. The second-order valence-electron chi connectivity index (χ2n) is 7.89. The molecule has 0 aliphatic heterocycles. The van der Waals surface area contributed by atoms with Crippen molar-refractivity contribution in [2.24, 2.45) is 0 Å². The van der Waals surface area contributed by atoms with E-state index in [2.05, 4.69) is 29.0 Å². The third kappa shape index (κ3) is 5.23. The third-order valence-corrected chi connectivity index (χ3v) is 5.75. The SMILES string of the molecule is CCOC(=O)c1ccc2nc(-c3cccc(NS(C)(=O)=O)c3)n(Cc3ccc(C)cc3)c2c1. The van der Waals surface area contributed by atoms with E-state index in [4.69, 9.17) is 9.72 Å². The van der Waals surface area contributed by atoms with E-state index in [1.807, 2.05) is 17.6 Å². The van der Waals surface area contributed by atoms with E-state index in [0.29, 0.717) is 30.2 Å². The zero-order valence-corrected chi connectivity index (χ0v) is 19.5. The molecule has 0 amide bonds. The molecule has 1 heterocycles. The van der Waals surface area contributed by atoms with E-state index in [0.717, 1.165) is 28.4 Å². The van der Waals surface area contributed by atoms with Gasteiger partial charge in [-0.05, 0) is 49.7 Å². The Morgan fingerprint density at radius 3 is 2.52 bits per heavy atom. The number of fused-ring (bicyclic) bond motifs is 1. The molecule has 4 aromatic rings. The Hall–Kier alpha value is -3.65. The van der Waals surface area contributed by atoms with E-state index in [-0.39, 0.29) is 5.97 Å². The van der Waals surface area contributed by atoms with Gasteiger partial charge in [0.05, 0.1) is 29.5 Å². The Labute approximate surface area is 193 Å². The molecule has 0 bridgehead atoms. The summed E-state index contributed by atoms with van der Waals surface area (Å²) in [6, 6.07) is 20.6. The lowest BCUT2D eigenvalue weighted by Crippen LogP contribution is -2.09. The molecular weight excluding hydrogens is 438 g/mol. The molecule has 170 valence electrons. The highest BCUT2D eigenvalue weighted by molar-refractivity contribution is 7.92. The molecule has 1 aromatic heterocycles. The molecule has 0 atom stereocenters. The smallest absolute Gasteiger partial charge is 0.338 e. The Morgan fingerprint density at radius 1 is 1.06 bits per heavy atom. The molecule has 1 N–H and O–H groups in total. The number of aryl methyl sites for hydroxylation is 1. The van der Waals surface area contributed by atoms with Crippen molar-refractivity contribution in [3.8, 4) is 11.4 Å². The molecule has 4 rings (SSSR count). The van der Waals surface area contributed by atoms with Gasteiger partial charge in [0.25, 0.3) is 0 Å². The van der Waals surface area contributed by atoms with Crippen molar-refractivity contribution >= 4 is 32.7 Å². The number of nitrogens with one attached hydrogen (secondary N) is 1. The number of rotatable bonds is 7. The number of hydrogen-bond donors (Lipinski definition) is 1. The number of hydrogen-bond acceptors (Lipinski definition) is 5. The number of carbonyl (C=O) groups is 1. The summed E-state index contributed by atoms with van der Waals surface area (Å²) in [4.78, 5) is 17.1. The summed E-state index contributed by atoms with van der Waals surface area (Å²) < 4.78 is 33.1. The highest BCUT2D eigenvalue weighted by Gasteiger charge is 2.17. The van der Waals surface area contributed by atoms with Crippen molar-refractivity contribution in [1.82, 2.24) is 9.55 Å². The fraction of sp³-hybridized carbons (Fsp3) is 0.200. The van der Waals surface area contributed by atoms with Crippen LogP contribution in [0.5, 0.6) is 0 Å². The molecule has 0 aliphatic rings. The van der Waals surface area contributed by atoms with Gasteiger partial charge in [0.1, 0.15) is 5.82 Å². The van der Waals surface area contributed by atoms with E-state index < -0.39 is 10.0 Å². The molecule has 0 saturated carbocycles. The van der Waals surface area contributed by atoms with Crippen LogP contribution < -0.4 is 4.72 Å². The van der Waals surface area contributed by atoms with E-state index in [9.17, 15) is 13.2 Å². The second-order valence-corrected chi connectivity index (χ2v) is 9.63. The van der Waals surface area contributed by atoms with Crippen LogP contribution in [0.1, 0.15) is 28.4 Å². The standard InChI is InChI=1S/C25H25N3O4S/c1-4-32-25(29)20-12-13-22-23(15-20)28(16-18-10-8-17(2)9-11-18)24(26-22)19-6-5-7-21(14-19)27-33(3,30)31/h5-15,27H,4,16H2,1-3H3. The molecule has 8 heteroatoms. The zero-order valence-electron chi connectivity index (χ0n) is 18.7. The topological polar surface area (TPSA) is 90.3 Å². The quantitative estimate of drug-likeness (QED) is 0.404. The number of nitrogens with zero attached hydrogens (tertiary/aromatic N) is 2. The van der Waals surface area contributed by atoms with Gasteiger partial charge in [-0.25, -0.2) is 18.2 Å². The van der Waals surface area contributed by atoms with Gasteiger partial charge in [0, 0.05) is 17.8 Å². The molecule has 0 unspecified atom stereocenters. The number of benzene rings is 3. The predicted octanol–water partition coefficient (Wildman–Crippen LogP) is 4.61. The number of imidazole rings is 1. The van der Waals surface area contributed by atoms with Gasteiger partial charge in [-0.1, -0.05) is 42.0 Å². The third-order valence-electron chi connectivity index (χ3n) is 5.14. The molecule has 0 radical (unpaired) electrons. The number of esters is 1. The Morgan fingerprint density at radius 2 is 1.82 bits per heavy atom. The fourth-order valence-corrected chi connectivity index (χ4v) is 4.21. The number of anilines is 1. The molecule has 3 aromatic carbocycles. The van der Waals surface area contributed by atoms with Crippen LogP contribution >= 0.6 is 0 Å². The minimum absolute atomic E-state index is 0.297. The maximum Gasteiger partial charge on any atom is 0.338 e. The van der Waals surface area contributed by atoms with Gasteiger partial charge < -0.3 is 9.30 Å². The van der Waals surface area contributed by atoms with E-state index in [1.54, 1.807) is 43.3 Å². The average molecular weight is 464 g/mol. The lowest BCUT2D eigenvalue weighted by Gasteiger charge is -2.12. The summed E-state index contributed by atoms with van der Waals surface area (Å²) in [6.07, 6.45) is 1.11. The van der Waals surface area contributed by atoms with Gasteiger partial charge in [-0.2, -0.15) is 0 Å². The fourth-order valence-electron chi connectivity index (χ4n) is 3.66. The van der Waals surface area contributed by atoms with Crippen molar-refractivity contribution < 1.29 is 17.9 Å². The maximum absolute atomic E-state index is 12.3. The van der Waals surface area contributed by atoms with Gasteiger partial charge in [-0.15, -0.1) is 0 Å². The largest absolute Gasteiger partial charge is 0.462 e. The molecule has 0 saturated heterocycles. The van der Waals surface area contributed by atoms with Crippen LogP contribution in [0.3, 0.4) is 0 Å². The molecule has 0 aliphatic carbocycles. The summed E-state index contributed by atoms with van der Waals surface area (Å²) in [5.41, 5.74) is 5.42. The van der Waals surface area contributed by atoms with Crippen LogP contribution in [-0.2, 0) is 21.3 Å². The number of carbonyl (C=O) groups excluding carboxylic acids is 1. The first-order valence-corrected chi connectivity index (χ1v) is 12.4. The van der Waals surface area contributed by atoms with Gasteiger partial charge in [-0.3, -0.25) is 4.72 Å². The first kappa shape index (κ1) is 22.5. The van der Waals surface area contributed by atoms with Crippen LogP contribution in [0, 0.1) is 6.92 Å². The van der Waals surface area contributed by atoms with E-state index in [1.165, 1.54) is 5.56 Å². The summed E-state index contributed by atoms with van der Waals surface area (Å²) in [5.74, 6) is 0.284. The van der Waals surface area contributed by atoms with Crippen molar-refractivity contribution in [3.05, 3.63) is 83.4 Å². The summed E-state index contributed by atoms with van der Waals surface area (Å²) in [6.45, 7) is 4.63. The van der Waals surface area contributed by atoms with Crippen molar-refractivity contribution in [2.45, 2.75) is 20.4 Å². The Balaban J connectivity index is 1.87. The van der Waals surface area contributed by atoms with Gasteiger partial charge in [0.15, 0.2) is 0 Å². The van der Waals surface area contributed by atoms with Crippen LogP contribution in [0.4, 0.5) is 5.69 Å². The van der Waals surface area contributed by atoms with Crippen molar-refractivity contribution in [3.63, 3.8) is 0 Å². The predicted molar refractivity (Wildman–Crippen MR) is 130 cm³/mol. The zero-order chi connectivity index (χ0) is 23.6. The molecule has 33 heavy (non-hydrogen) atoms. The van der Waals surface area contributed by atoms with Crippen LogP contribution in [0.15, 0.2) is 66.7 Å². The second kappa shape index (κ2) is 9.07. The van der Waals surface area contributed by atoms with Crippen LogP contribution in [0.2, 0.25) is 0 Å². The minimum atomic E-state index is -3.41. The Kier molecular flexibility index (Phi) is 6.20. The minimum Gasteiger partial charge on any atom is -0.462 e. The normalized spacial score (nSPS) is 11.5. The summed E-state index contributed by atoms with van der Waals surface area (Å²) in [5, 5.41) is 0. The molecule has 0 fully saturated rings. The highest BCUT2D eigenvalue weighted by atomic mass is 32.2. The maximum atomic E-state index is 12.3. The number of ether oxygens (including phenoxy) is 1. The average Bonchev–Trinajstić information content (AvgIpc) is 3.12. The first-order chi connectivity index (χ1) is 15.7. The molecular formula is C25H25N3O4S. The monoisotopic (exact) mass is 463 g/mol. The van der Waals surface area contributed by atoms with Crippen molar-refractivity contribution in [2.75, 3.05) is 17.6 Å². The molecule has 7 nitrogen and oxygen atoms in total. The van der Waals surface area contributed by atoms with Crippen molar-refractivity contribution in [1.29, 1.82) is 0 Å². The summed E-state index contributed by atoms with van der Waals surface area (Å²) in [7, 11) is -3.41. The summed E-state index contributed by atoms with van der Waals surface area (Å²) >= 11 is 0. The van der Waals surface area contributed by atoms with E-state index >= 15 is 0 Å². The first-order valence-electron chi connectivity index (χ1n) is 10.5.